The highest BCUT2D eigenvalue weighted by atomic mass is 16.5. The molecule has 6 nitrogen and oxygen atoms in total. The number of hydrogen-bond acceptors (Lipinski definition) is 5. The number of aryl methyl sites for hydroxylation is 2. The highest BCUT2D eigenvalue weighted by Crippen LogP contribution is 2.33. The molecule has 1 saturated carbocycles. The van der Waals surface area contributed by atoms with Gasteiger partial charge in [0.1, 0.15) is 5.76 Å². The topological polar surface area (TPSA) is 75.6 Å². The van der Waals surface area contributed by atoms with Crippen molar-refractivity contribution >= 4 is 5.91 Å². The van der Waals surface area contributed by atoms with E-state index < -0.39 is 0 Å². The molecule has 1 aromatic heterocycles. The molecule has 1 aliphatic heterocycles. The molecule has 134 valence electrons. The minimum Gasteiger partial charge on any atom is -0.361 e. The van der Waals surface area contributed by atoms with Gasteiger partial charge in [-0.05, 0) is 33.6 Å². The highest BCUT2D eigenvalue weighted by molar-refractivity contribution is 5.80. The first-order valence-corrected chi connectivity index (χ1v) is 9.10. The second kappa shape index (κ2) is 6.84. The fourth-order valence-corrected chi connectivity index (χ4v) is 4.06. The summed E-state index contributed by atoms with van der Waals surface area (Å²) in [6.45, 7) is 10.2. The standard InChI is InChI=1S/C18H30N4O2/c1-13-15(14(2)24-20-13)12-21-8-10-22(11-9-21)17(23)16-6-4-5-7-18(16,3)19/h16H,4-12,19H2,1-3H3. The van der Waals surface area contributed by atoms with Crippen LogP contribution < -0.4 is 5.73 Å². The zero-order valence-electron chi connectivity index (χ0n) is 15.2. The van der Waals surface area contributed by atoms with E-state index in [0.717, 1.165) is 69.9 Å². The van der Waals surface area contributed by atoms with Crippen LogP contribution in [0.3, 0.4) is 0 Å². The fraction of sp³-hybridized carbons (Fsp3) is 0.778. The third kappa shape index (κ3) is 3.49. The van der Waals surface area contributed by atoms with Gasteiger partial charge in [-0.15, -0.1) is 0 Å². The van der Waals surface area contributed by atoms with Gasteiger partial charge >= 0.3 is 0 Å². The Morgan fingerprint density at radius 3 is 2.58 bits per heavy atom. The molecule has 1 aliphatic carbocycles. The second-order valence-corrected chi connectivity index (χ2v) is 7.71. The second-order valence-electron chi connectivity index (χ2n) is 7.71. The van der Waals surface area contributed by atoms with Crippen LogP contribution in [0.25, 0.3) is 0 Å². The normalized spacial score (nSPS) is 29.0. The molecule has 0 spiro atoms. The van der Waals surface area contributed by atoms with Crippen LogP contribution >= 0.6 is 0 Å². The molecule has 2 atom stereocenters. The van der Waals surface area contributed by atoms with Crippen LogP contribution in [0.2, 0.25) is 0 Å². The van der Waals surface area contributed by atoms with E-state index in [4.69, 9.17) is 10.3 Å². The third-order valence-corrected chi connectivity index (χ3v) is 5.80. The molecule has 1 amide bonds. The number of rotatable bonds is 3. The van der Waals surface area contributed by atoms with Crippen molar-refractivity contribution in [1.82, 2.24) is 15.0 Å². The van der Waals surface area contributed by atoms with Crippen LogP contribution in [0.15, 0.2) is 4.52 Å². The molecule has 0 bridgehead atoms. The Labute approximate surface area is 144 Å². The van der Waals surface area contributed by atoms with Crippen molar-refractivity contribution < 1.29 is 9.32 Å². The van der Waals surface area contributed by atoms with Crippen molar-refractivity contribution in [3.63, 3.8) is 0 Å². The summed E-state index contributed by atoms with van der Waals surface area (Å²) in [5, 5.41) is 4.02. The number of hydrogen-bond donors (Lipinski definition) is 1. The average molecular weight is 334 g/mol. The lowest BCUT2D eigenvalue weighted by atomic mass is 9.74. The molecular formula is C18H30N4O2. The zero-order valence-corrected chi connectivity index (χ0v) is 15.2. The summed E-state index contributed by atoms with van der Waals surface area (Å²) in [6.07, 6.45) is 4.15. The molecule has 2 heterocycles. The van der Waals surface area contributed by atoms with Gasteiger partial charge < -0.3 is 15.2 Å². The molecule has 24 heavy (non-hydrogen) atoms. The average Bonchev–Trinajstić information content (AvgIpc) is 2.86. The van der Waals surface area contributed by atoms with Gasteiger partial charge in [0.2, 0.25) is 5.91 Å². The van der Waals surface area contributed by atoms with Gasteiger partial charge in [-0.2, -0.15) is 0 Å². The van der Waals surface area contributed by atoms with Crippen LogP contribution in [-0.4, -0.2) is 52.6 Å². The predicted molar refractivity (Wildman–Crippen MR) is 92.4 cm³/mol. The number of aromatic nitrogens is 1. The van der Waals surface area contributed by atoms with Gasteiger partial charge in [0.25, 0.3) is 0 Å². The molecule has 1 aromatic rings. The van der Waals surface area contributed by atoms with Gasteiger partial charge in [0, 0.05) is 43.8 Å². The number of carbonyl (C=O) groups excluding carboxylic acids is 1. The Morgan fingerprint density at radius 1 is 1.29 bits per heavy atom. The minimum atomic E-state index is -0.344. The molecule has 0 aromatic carbocycles. The lowest BCUT2D eigenvalue weighted by molar-refractivity contribution is -0.140. The third-order valence-electron chi connectivity index (χ3n) is 5.80. The van der Waals surface area contributed by atoms with E-state index >= 15 is 0 Å². The first kappa shape index (κ1) is 17.4. The van der Waals surface area contributed by atoms with Gasteiger partial charge in [-0.25, -0.2) is 0 Å². The Balaban J connectivity index is 1.56. The van der Waals surface area contributed by atoms with E-state index in [1.165, 1.54) is 5.56 Å². The summed E-state index contributed by atoms with van der Waals surface area (Å²) in [4.78, 5) is 17.3. The van der Waals surface area contributed by atoms with Crippen LogP contribution in [0, 0.1) is 19.8 Å². The number of carbonyl (C=O) groups is 1. The molecule has 0 radical (unpaired) electrons. The largest absolute Gasteiger partial charge is 0.361 e. The molecule has 6 heteroatoms. The Hall–Kier alpha value is -1.40. The summed E-state index contributed by atoms with van der Waals surface area (Å²) >= 11 is 0. The number of amides is 1. The highest BCUT2D eigenvalue weighted by Gasteiger charge is 2.40. The minimum absolute atomic E-state index is 0.0136. The van der Waals surface area contributed by atoms with E-state index in [9.17, 15) is 4.79 Å². The Kier molecular flexibility index (Phi) is 4.97. The van der Waals surface area contributed by atoms with Crippen molar-refractivity contribution in [3.05, 3.63) is 17.0 Å². The lowest BCUT2D eigenvalue weighted by Gasteiger charge is -2.42. The molecule has 2 unspecified atom stereocenters. The van der Waals surface area contributed by atoms with E-state index in [0.29, 0.717) is 0 Å². The SMILES string of the molecule is Cc1noc(C)c1CN1CCN(C(=O)C2CCCCC2(C)N)CC1. The van der Waals surface area contributed by atoms with E-state index in [-0.39, 0.29) is 17.4 Å². The van der Waals surface area contributed by atoms with E-state index in [1.807, 2.05) is 25.7 Å². The van der Waals surface area contributed by atoms with Gasteiger partial charge in [-0.1, -0.05) is 18.0 Å². The van der Waals surface area contributed by atoms with Crippen LogP contribution in [0.4, 0.5) is 0 Å². The van der Waals surface area contributed by atoms with Gasteiger partial charge in [-0.3, -0.25) is 9.69 Å². The maximum absolute atomic E-state index is 12.9. The summed E-state index contributed by atoms with van der Waals surface area (Å²) in [5.41, 5.74) is 8.20. The van der Waals surface area contributed by atoms with Crippen molar-refractivity contribution in [1.29, 1.82) is 0 Å². The number of piperazine rings is 1. The molecule has 1 saturated heterocycles. The molecule has 2 aliphatic rings. The maximum atomic E-state index is 12.9. The van der Waals surface area contributed by atoms with E-state index in [2.05, 4.69) is 10.1 Å². The molecule has 2 N–H and O–H groups in total. The van der Waals surface area contributed by atoms with Crippen molar-refractivity contribution in [2.75, 3.05) is 26.2 Å². The maximum Gasteiger partial charge on any atom is 0.227 e. The van der Waals surface area contributed by atoms with E-state index in [1.54, 1.807) is 0 Å². The van der Waals surface area contributed by atoms with Crippen LogP contribution in [0.1, 0.15) is 49.6 Å². The molecular weight excluding hydrogens is 304 g/mol. The van der Waals surface area contributed by atoms with Gasteiger partial charge in [0.05, 0.1) is 11.6 Å². The summed E-state index contributed by atoms with van der Waals surface area (Å²) in [6, 6.07) is 0. The van der Waals surface area contributed by atoms with Crippen LogP contribution in [0.5, 0.6) is 0 Å². The first-order valence-electron chi connectivity index (χ1n) is 9.10. The molecule has 2 fully saturated rings. The zero-order chi connectivity index (χ0) is 17.3. The Bertz CT molecular complexity index is 568. The first-order chi connectivity index (χ1) is 11.4. The van der Waals surface area contributed by atoms with Crippen molar-refractivity contribution in [2.45, 2.75) is 58.5 Å². The quantitative estimate of drug-likeness (QED) is 0.913. The van der Waals surface area contributed by atoms with Gasteiger partial charge in [0.15, 0.2) is 0 Å². The van der Waals surface area contributed by atoms with Crippen LogP contribution in [-0.2, 0) is 11.3 Å². The number of nitrogens with zero attached hydrogens (tertiary/aromatic N) is 3. The van der Waals surface area contributed by atoms with Crippen molar-refractivity contribution in [3.8, 4) is 0 Å². The number of nitrogens with two attached hydrogens (primary N) is 1. The summed E-state index contributed by atoms with van der Waals surface area (Å²) in [7, 11) is 0. The fourth-order valence-electron chi connectivity index (χ4n) is 4.06. The summed E-state index contributed by atoms with van der Waals surface area (Å²) in [5.74, 6) is 1.14. The summed E-state index contributed by atoms with van der Waals surface area (Å²) < 4.78 is 5.24. The smallest absolute Gasteiger partial charge is 0.227 e. The van der Waals surface area contributed by atoms with Crippen molar-refractivity contribution in [2.24, 2.45) is 11.7 Å². The monoisotopic (exact) mass is 334 g/mol. The molecule has 3 rings (SSSR count). The Morgan fingerprint density at radius 2 is 2.00 bits per heavy atom. The lowest BCUT2D eigenvalue weighted by Crippen LogP contribution is -2.57. The predicted octanol–water partition coefficient (Wildman–Crippen LogP) is 1.84.